The van der Waals surface area contributed by atoms with Crippen LogP contribution in [0.15, 0.2) is 60.8 Å². The van der Waals surface area contributed by atoms with Gasteiger partial charge in [0, 0.05) is 43.9 Å². The minimum absolute atomic E-state index is 0.0641. The number of para-hydroxylation sites is 1. The minimum Gasteiger partial charge on any atom is -0.497 e. The second-order valence-corrected chi connectivity index (χ2v) is 8.65. The normalized spacial score (nSPS) is 16.4. The second kappa shape index (κ2) is 9.10. The summed E-state index contributed by atoms with van der Waals surface area (Å²) in [5, 5.41) is 4.78. The first-order valence-electron chi connectivity index (χ1n) is 11.5. The van der Waals surface area contributed by atoms with Gasteiger partial charge in [-0.15, -0.1) is 0 Å². The van der Waals surface area contributed by atoms with Crippen molar-refractivity contribution in [3.8, 4) is 22.7 Å². The van der Waals surface area contributed by atoms with Crippen LogP contribution in [-0.4, -0.2) is 64.7 Å². The van der Waals surface area contributed by atoms with Gasteiger partial charge in [0.1, 0.15) is 11.4 Å². The Balaban J connectivity index is 1.42. The maximum atomic E-state index is 13.6. The number of carbonyl (C=O) groups excluding carboxylic acids is 2. The average molecular weight is 445 g/mol. The Morgan fingerprint density at radius 3 is 2.33 bits per heavy atom. The Morgan fingerprint density at radius 2 is 1.67 bits per heavy atom. The fourth-order valence-electron chi connectivity index (χ4n) is 4.44. The van der Waals surface area contributed by atoms with Gasteiger partial charge in [0.2, 0.25) is 5.91 Å². The second-order valence-electron chi connectivity index (χ2n) is 8.65. The lowest BCUT2D eigenvalue weighted by Crippen LogP contribution is -2.52. The van der Waals surface area contributed by atoms with Crippen molar-refractivity contribution in [3.63, 3.8) is 0 Å². The molecule has 1 aliphatic heterocycles. The Labute approximate surface area is 193 Å². The summed E-state index contributed by atoms with van der Waals surface area (Å²) in [5.41, 5.74) is 2.88. The van der Waals surface area contributed by atoms with Crippen LogP contribution in [0.4, 0.5) is 0 Å². The van der Waals surface area contributed by atoms with Crippen LogP contribution in [0.1, 0.15) is 29.6 Å². The molecule has 0 radical (unpaired) electrons. The van der Waals surface area contributed by atoms with Crippen LogP contribution in [0.3, 0.4) is 0 Å². The van der Waals surface area contributed by atoms with Gasteiger partial charge in [-0.2, -0.15) is 5.10 Å². The van der Waals surface area contributed by atoms with Crippen molar-refractivity contribution in [1.29, 1.82) is 0 Å². The fraction of sp³-hybridized carbons (Fsp3) is 0.346. The molecule has 7 heteroatoms. The fourth-order valence-corrected chi connectivity index (χ4v) is 4.44. The Bertz CT molecular complexity index is 1150. The molecule has 170 valence electrons. The molecule has 2 fully saturated rings. The highest BCUT2D eigenvalue weighted by Gasteiger charge is 2.33. The number of hydrogen-bond donors (Lipinski definition) is 0. The van der Waals surface area contributed by atoms with E-state index in [-0.39, 0.29) is 17.7 Å². The van der Waals surface area contributed by atoms with E-state index in [2.05, 4.69) is 0 Å². The van der Waals surface area contributed by atoms with Crippen LogP contribution >= 0.6 is 0 Å². The number of piperazine rings is 1. The van der Waals surface area contributed by atoms with E-state index in [0.717, 1.165) is 30.5 Å². The van der Waals surface area contributed by atoms with Crippen LogP contribution in [0.25, 0.3) is 16.9 Å². The summed E-state index contributed by atoms with van der Waals surface area (Å²) in [7, 11) is 1.62. The summed E-state index contributed by atoms with van der Waals surface area (Å²) < 4.78 is 7.13. The lowest BCUT2D eigenvalue weighted by atomic mass is 9.84. The molecular formula is C26H28N4O3. The molecule has 1 saturated heterocycles. The van der Waals surface area contributed by atoms with Gasteiger partial charge in [0.05, 0.1) is 18.4 Å². The van der Waals surface area contributed by atoms with Crippen molar-refractivity contribution in [1.82, 2.24) is 19.6 Å². The molecule has 5 rings (SSSR count). The maximum Gasteiger partial charge on any atom is 0.257 e. The highest BCUT2D eigenvalue weighted by Crippen LogP contribution is 2.30. The van der Waals surface area contributed by atoms with Crippen molar-refractivity contribution in [2.24, 2.45) is 5.92 Å². The molecule has 3 aromatic rings. The Morgan fingerprint density at radius 1 is 0.939 bits per heavy atom. The van der Waals surface area contributed by atoms with E-state index in [0.29, 0.717) is 43.2 Å². The van der Waals surface area contributed by atoms with Gasteiger partial charge in [-0.3, -0.25) is 9.59 Å². The molecule has 33 heavy (non-hydrogen) atoms. The van der Waals surface area contributed by atoms with Gasteiger partial charge in [-0.25, -0.2) is 4.68 Å². The quantitative estimate of drug-likeness (QED) is 0.603. The van der Waals surface area contributed by atoms with Crippen LogP contribution in [-0.2, 0) is 4.79 Å². The van der Waals surface area contributed by atoms with Gasteiger partial charge in [-0.1, -0.05) is 36.8 Å². The summed E-state index contributed by atoms with van der Waals surface area (Å²) >= 11 is 0. The maximum absolute atomic E-state index is 13.6. The Kier molecular flexibility index (Phi) is 5.86. The third-order valence-corrected chi connectivity index (χ3v) is 6.64. The van der Waals surface area contributed by atoms with Crippen LogP contribution in [0, 0.1) is 5.92 Å². The van der Waals surface area contributed by atoms with E-state index in [4.69, 9.17) is 9.84 Å². The van der Waals surface area contributed by atoms with E-state index < -0.39 is 0 Å². The zero-order valence-corrected chi connectivity index (χ0v) is 18.8. The van der Waals surface area contributed by atoms with Crippen molar-refractivity contribution in [2.45, 2.75) is 19.3 Å². The topological polar surface area (TPSA) is 67.7 Å². The van der Waals surface area contributed by atoms with Crippen molar-refractivity contribution < 1.29 is 14.3 Å². The molecule has 2 heterocycles. The summed E-state index contributed by atoms with van der Waals surface area (Å²) in [4.78, 5) is 29.9. The summed E-state index contributed by atoms with van der Waals surface area (Å²) in [6.07, 6.45) is 4.95. The van der Waals surface area contributed by atoms with Gasteiger partial charge < -0.3 is 14.5 Å². The van der Waals surface area contributed by atoms with Gasteiger partial charge in [0.15, 0.2) is 0 Å². The molecule has 0 atom stereocenters. The molecule has 2 amide bonds. The van der Waals surface area contributed by atoms with Gasteiger partial charge in [0.25, 0.3) is 5.91 Å². The highest BCUT2D eigenvalue weighted by atomic mass is 16.5. The number of amides is 2. The lowest BCUT2D eigenvalue weighted by molar-refractivity contribution is -0.139. The molecule has 0 N–H and O–H groups in total. The molecule has 1 saturated carbocycles. The van der Waals surface area contributed by atoms with E-state index in [1.807, 2.05) is 64.4 Å². The van der Waals surface area contributed by atoms with E-state index in [1.165, 1.54) is 0 Å². The molecule has 2 aromatic carbocycles. The zero-order valence-electron chi connectivity index (χ0n) is 18.8. The monoisotopic (exact) mass is 444 g/mol. The molecule has 0 spiro atoms. The summed E-state index contributed by atoms with van der Waals surface area (Å²) in [5.74, 6) is 1.09. The summed E-state index contributed by atoms with van der Waals surface area (Å²) in [6.45, 7) is 2.24. The van der Waals surface area contributed by atoms with Crippen molar-refractivity contribution in [2.75, 3.05) is 33.3 Å². The number of benzene rings is 2. The highest BCUT2D eigenvalue weighted by molar-refractivity contribution is 6.00. The SMILES string of the molecule is COc1cccc(-c2nn(-c3ccccc3)cc2C(=O)N2CCN(C(=O)C3CCC3)CC2)c1. The molecule has 2 aliphatic rings. The van der Waals surface area contributed by atoms with E-state index in [1.54, 1.807) is 18.0 Å². The summed E-state index contributed by atoms with van der Waals surface area (Å²) in [6, 6.07) is 17.4. The number of hydrogen-bond acceptors (Lipinski definition) is 4. The molecule has 0 unspecified atom stereocenters. The third kappa shape index (κ3) is 4.23. The lowest BCUT2D eigenvalue weighted by Gasteiger charge is -2.38. The van der Waals surface area contributed by atoms with E-state index >= 15 is 0 Å². The first kappa shape index (κ1) is 21.2. The predicted molar refractivity (Wildman–Crippen MR) is 125 cm³/mol. The van der Waals surface area contributed by atoms with Gasteiger partial charge in [-0.05, 0) is 37.1 Å². The zero-order chi connectivity index (χ0) is 22.8. The minimum atomic E-state index is -0.0641. The third-order valence-electron chi connectivity index (χ3n) is 6.64. The molecular weight excluding hydrogens is 416 g/mol. The number of aromatic nitrogens is 2. The molecule has 1 aromatic heterocycles. The Hall–Kier alpha value is -3.61. The number of carbonyl (C=O) groups is 2. The van der Waals surface area contributed by atoms with Crippen LogP contribution in [0.2, 0.25) is 0 Å². The number of methoxy groups -OCH3 is 1. The van der Waals surface area contributed by atoms with Crippen LogP contribution < -0.4 is 4.74 Å². The predicted octanol–water partition coefficient (Wildman–Crippen LogP) is 3.63. The van der Waals surface area contributed by atoms with Gasteiger partial charge >= 0.3 is 0 Å². The number of nitrogens with zero attached hydrogens (tertiary/aromatic N) is 4. The largest absolute Gasteiger partial charge is 0.497 e. The van der Waals surface area contributed by atoms with Crippen molar-refractivity contribution in [3.05, 3.63) is 66.4 Å². The molecule has 0 bridgehead atoms. The number of ether oxygens (including phenoxy) is 1. The number of rotatable bonds is 5. The van der Waals surface area contributed by atoms with E-state index in [9.17, 15) is 9.59 Å². The van der Waals surface area contributed by atoms with Crippen LogP contribution in [0.5, 0.6) is 5.75 Å². The molecule has 7 nitrogen and oxygen atoms in total. The van der Waals surface area contributed by atoms with Crippen molar-refractivity contribution >= 4 is 11.8 Å². The first-order chi connectivity index (χ1) is 16.1. The average Bonchev–Trinajstić information content (AvgIpc) is 3.29. The first-order valence-corrected chi connectivity index (χ1v) is 11.5. The smallest absolute Gasteiger partial charge is 0.257 e. The standard InChI is InChI=1S/C26H28N4O3/c1-33-22-12-6-9-20(17-22)24-23(18-30(27-24)21-10-3-2-4-11-21)26(32)29-15-13-28(14-16-29)25(31)19-7-5-8-19/h2-4,6,9-12,17-19H,5,7-8,13-16H2,1H3. The molecule has 1 aliphatic carbocycles.